The summed E-state index contributed by atoms with van der Waals surface area (Å²) in [5.74, 6) is 1.05. The van der Waals surface area contributed by atoms with Crippen molar-refractivity contribution in [3.63, 3.8) is 0 Å². The van der Waals surface area contributed by atoms with Crippen molar-refractivity contribution in [3.8, 4) is 22.6 Å². The van der Waals surface area contributed by atoms with Gasteiger partial charge >= 0.3 is 0 Å². The topological polar surface area (TPSA) is 58.7 Å². The monoisotopic (exact) mass is 503 g/mol. The first-order valence-corrected chi connectivity index (χ1v) is 12.5. The Balaban J connectivity index is 1.42. The Labute approximate surface area is 210 Å². The second-order valence-corrected chi connectivity index (χ2v) is 9.53. The van der Waals surface area contributed by atoms with E-state index >= 15 is 0 Å². The van der Waals surface area contributed by atoms with Gasteiger partial charge in [0.25, 0.3) is 5.91 Å². The SMILES string of the molecule is C=CCN1C(=O)/C(=C\c2ccc(-c3ccccc3Cl)o2)S/C1=N/c1nc(-c2ccccc2)cs1. The third kappa shape index (κ3) is 4.63. The van der Waals surface area contributed by atoms with Crippen LogP contribution >= 0.6 is 34.7 Å². The van der Waals surface area contributed by atoms with Crippen molar-refractivity contribution in [2.24, 2.45) is 4.99 Å². The molecule has 1 aliphatic heterocycles. The Bertz CT molecular complexity index is 1420. The molecule has 1 fully saturated rings. The van der Waals surface area contributed by atoms with Crippen LogP contribution in [0, 0.1) is 0 Å². The van der Waals surface area contributed by atoms with Gasteiger partial charge in [0.15, 0.2) is 5.17 Å². The summed E-state index contributed by atoms with van der Waals surface area (Å²) in [7, 11) is 0. The van der Waals surface area contributed by atoms with Gasteiger partial charge in [-0.3, -0.25) is 9.69 Å². The maximum absolute atomic E-state index is 13.1. The van der Waals surface area contributed by atoms with Gasteiger partial charge in [0.05, 0.1) is 15.6 Å². The first-order valence-electron chi connectivity index (χ1n) is 10.4. The molecule has 0 unspecified atom stereocenters. The van der Waals surface area contributed by atoms with E-state index in [2.05, 4.69) is 16.6 Å². The van der Waals surface area contributed by atoms with Gasteiger partial charge in [-0.05, 0) is 36.0 Å². The summed E-state index contributed by atoms with van der Waals surface area (Å²) in [6, 6.07) is 21.1. The van der Waals surface area contributed by atoms with Crippen molar-refractivity contribution in [1.82, 2.24) is 9.88 Å². The van der Waals surface area contributed by atoms with Crippen molar-refractivity contribution in [3.05, 3.63) is 100 Å². The lowest BCUT2D eigenvalue weighted by Gasteiger charge is -2.11. The number of benzene rings is 2. The number of carbonyl (C=O) groups excluding carboxylic acids is 1. The second-order valence-electron chi connectivity index (χ2n) is 7.27. The van der Waals surface area contributed by atoms with Gasteiger partial charge in [-0.25, -0.2) is 4.98 Å². The number of carbonyl (C=O) groups is 1. The van der Waals surface area contributed by atoms with Gasteiger partial charge in [-0.15, -0.1) is 17.9 Å². The molecule has 2 aromatic carbocycles. The van der Waals surface area contributed by atoms with Crippen molar-refractivity contribution in [2.75, 3.05) is 6.54 Å². The van der Waals surface area contributed by atoms with E-state index in [9.17, 15) is 4.79 Å². The van der Waals surface area contributed by atoms with E-state index in [0.717, 1.165) is 16.8 Å². The number of hydrogen-bond acceptors (Lipinski definition) is 6. The van der Waals surface area contributed by atoms with Gasteiger partial charge in [-0.2, -0.15) is 4.99 Å². The minimum absolute atomic E-state index is 0.154. The molecule has 4 aromatic rings. The Kier molecular flexibility index (Phi) is 6.49. The van der Waals surface area contributed by atoms with Gasteiger partial charge in [0.2, 0.25) is 5.13 Å². The van der Waals surface area contributed by atoms with Crippen LogP contribution in [0.3, 0.4) is 0 Å². The Morgan fingerprint density at radius 3 is 2.68 bits per heavy atom. The highest BCUT2D eigenvalue weighted by Gasteiger charge is 2.33. The fourth-order valence-corrected chi connectivity index (χ4v) is 5.34. The van der Waals surface area contributed by atoms with Crippen molar-refractivity contribution < 1.29 is 9.21 Å². The molecule has 168 valence electrons. The van der Waals surface area contributed by atoms with Gasteiger partial charge in [0, 0.05) is 29.1 Å². The molecule has 0 aliphatic carbocycles. The molecule has 2 aromatic heterocycles. The number of furan rings is 1. The fourth-order valence-electron chi connectivity index (χ4n) is 3.39. The summed E-state index contributed by atoms with van der Waals surface area (Å²) in [5, 5.41) is 3.71. The highest BCUT2D eigenvalue weighted by atomic mass is 35.5. The van der Waals surface area contributed by atoms with E-state index < -0.39 is 0 Å². The molecule has 0 spiro atoms. The smallest absolute Gasteiger partial charge is 0.267 e. The number of amides is 1. The number of halogens is 1. The first kappa shape index (κ1) is 22.4. The summed E-state index contributed by atoms with van der Waals surface area (Å²) in [6.07, 6.45) is 3.40. The fraction of sp³-hybridized carbons (Fsp3) is 0.0385. The van der Waals surface area contributed by atoms with E-state index in [0.29, 0.717) is 38.3 Å². The molecule has 1 saturated heterocycles. The van der Waals surface area contributed by atoms with Gasteiger partial charge < -0.3 is 4.42 Å². The average Bonchev–Trinajstić information content (AvgIpc) is 3.58. The number of thiazole rings is 1. The Hall–Kier alpha value is -3.39. The van der Waals surface area contributed by atoms with Crippen molar-refractivity contribution >= 4 is 57.0 Å². The second kappa shape index (κ2) is 9.85. The maximum Gasteiger partial charge on any atom is 0.267 e. The van der Waals surface area contributed by atoms with Crippen LogP contribution < -0.4 is 0 Å². The number of aliphatic imine (C=N–C) groups is 1. The van der Waals surface area contributed by atoms with Crippen molar-refractivity contribution in [2.45, 2.75) is 0 Å². The minimum Gasteiger partial charge on any atom is -0.457 e. The quantitative estimate of drug-likeness (QED) is 0.202. The lowest BCUT2D eigenvalue weighted by atomic mass is 10.2. The molecule has 3 heterocycles. The van der Waals surface area contributed by atoms with E-state index in [-0.39, 0.29) is 5.91 Å². The Morgan fingerprint density at radius 1 is 1.09 bits per heavy atom. The van der Waals surface area contributed by atoms with Crippen LogP contribution in [0.5, 0.6) is 0 Å². The normalized spacial score (nSPS) is 16.0. The van der Waals surface area contributed by atoms with Crippen LogP contribution in [-0.2, 0) is 4.79 Å². The molecule has 5 nitrogen and oxygen atoms in total. The van der Waals surface area contributed by atoms with E-state index in [1.165, 1.54) is 23.1 Å². The highest BCUT2D eigenvalue weighted by Crippen LogP contribution is 2.37. The molecular weight excluding hydrogens is 486 g/mol. The van der Waals surface area contributed by atoms with Gasteiger partial charge in [-0.1, -0.05) is 60.1 Å². The van der Waals surface area contributed by atoms with Crippen LogP contribution in [-0.4, -0.2) is 27.5 Å². The number of hydrogen-bond donors (Lipinski definition) is 0. The predicted octanol–water partition coefficient (Wildman–Crippen LogP) is 7.51. The minimum atomic E-state index is -0.154. The van der Waals surface area contributed by atoms with Crippen LogP contribution in [0.25, 0.3) is 28.7 Å². The number of amidine groups is 1. The highest BCUT2D eigenvalue weighted by molar-refractivity contribution is 8.18. The Morgan fingerprint density at radius 2 is 1.88 bits per heavy atom. The molecule has 0 radical (unpaired) electrons. The lowest BCUT2D eigenvalue weighted by molar-refractivity contribution is -0.121. The number of nitrogens with zero attached hydrogens (tertiary/aromatic N) is 3. The molecule has 0 bridgehead atoms. The first-order chi connectivity index (χ1) is 16.6. The van der Waals surface area contributed by atoms with E-state index in [4.69, 9.17) is 16.0 Å². The zero-order chi connectivity index (χ0) is 23.5. The lowest BCUT2D eigenvalue weighted by Crippen LogP contribution is -2.29. The molecule has 8 heteroatoms. The number of rotatable bonds is 6. The molecule has 1 aliphatic rings. The standard InChI is InChI=1S/C26H18ClN3O2S2/c1-2-14-30-24(31)23(15-18-12-13-22(32-18)19-10-6-7-11-20(19)27)34-26(30)29-25-28-21(16-33-25)17-8-4-3-5-9-17/h2-13,15-16H,1,14H2/b23-15+,29-26+. The summed E-state index contributed by atoms with van der Waals surface area (Å²) in [6.45, 7) is 4.13. The molecule has 34 heavy (non-hydrogen) atoms. The van der Waals surface area contributed by atoms with E-state index in [1.54, 1.807) is 17.1 Å². The van der Waals surface area contributed by atoms with Crippen LogP contribution in [0.15, 0.2) is 99.1 Å². The van der Waals surface area contributed by atoms with Crippen LogP contribution in [0.2, 0.25) is 5.02 Å². The molecule has 0 atom stereocenters. The summed E-state index contributed by atoms with van der Waals surface area (Å²) in [4.78, 5) is 24.5. The van der Waals surface area contributed by atoms with Gasteiger partial charge in [0.1, 0.15) is 11.5 Å². The van der Waals surface area contributed by atoms with Crippen LogP contribution in [0.1, 0.15) is 5.76 Å². The average molecular weight is 504 g/mol. The van der Waals surface area contributed by atoms with Crippen molar-refractivity contribution in [1.29, 1.82) is 0 Å². The molecule has 1 amide bonds. The number of thioether (sulfide) groups is 1. The third-order valence-electron chi connectivity index (χ3n) is 4.99. The predicted molar refractivity (Wildman–Crippen MR) is 141 cm³/mol. The maximum atomic E-state index is 13.1. The van der Waals surface area contributed by atoms with Crippen LogP contribution in [0.4, 0.5) is 5.13 Å². The third-order valence-corrected chi connectivity index (χ3v) is 7.06. The molecule has 5 rings (SSSR count). The molecule has 0 saturated carbocycles. The summed E-state index contributed by atoms with van der Waals surface area (Å²) < 4.78 is 5.95. The summed E-state index contributed by atoms with van der Waals surface area (Å²) in [5.41, 5.74) is 2.68. The van der Waals surface area contributed by atoms with E-state index in [1.807, 2.05) is 72.1 Å². The zero-order valence-corrected chi connectivity index (χ0v) is 20.2. The number of aromatic nitrogens is 1. The zero-order valence-electron chi connectivity index (χ0n) is 17.8. The summed E-state index contributed by atoms with van der Waals surface area (Å²) >= 11 is 9.01. The largest absolute Gasteiger partial charge is 0.457 e. The molecule has 0 N–H and O–H groups in total. The molecular formula is C26H18ClN3O2S2.